The number of benzene rings is 1. The predicted octanol–water partition coefficient (Wildman–Crippen LogP) is 0.912. The van der Waals surface area contributed by atoms with Gasteiger partial charge in [0, 0.05) is 5.56 Å². The smallest absolute Gasteiger partial charge is 0.262 e. The fourth-order valence-electron chi connectivity index (χ4n) is 1.47. The van der Waals surface area contributed by atoms with Gasteiger partial charge in [-0.15, -0.1) is 0 Å². The van der Waals surface area contributed by atoms with Crippen LogP contribution in [0.2, 0.25) is 0 Å². The van der Waals surface area contributed by atoms with Gasteiger partial charge in [-0.1, -0.05) is 30.4 Å². The molecule has 3 N–H and O–H groups in total. The van der Waals surface area contributed by atoms with Crippen LogP contribution in [0.25, 0.3) is 0 Å². The Labute approximate surface area is 115 Å². The SMILES string of the molecule is NC(=S)c1ccccc1S(=O)(=O)Nc1cncnc1. The summed E-state index contributed by atoms with van der Waals surface area (Å²) in [5.74, 6) is 0. The van der Waals surface area contributed by atoms with E-state index in [0.29, 0.717) is 5.56 Å². The van der Waals surface area contributed by atoms with Gasteiger partial charge in [-0.2, -0.15) is 0 Å². The van der Waals surface area contributed by atoms with E-state index in [1.165, 1.54) is 24.8 Å². The summed E-state index contributed by atoms with van der Waals surface area (Å²) in [6.07, 6.45) is 4.02. The van der Waals surface area contributed by atoms with Gasteiger partial charge in [0.05, 0.1) is 23.0 Å². The first-order valence-corrected chi connectivity index (χ1v) is 7.06. The minimum Gasteiger partial charge on any atom is -0.389 e. The summed E-state index contributed by atoms with van der Waals surface area (Å²) in [7, 11) is -3.79. The molecule has 1 heterocycles. The maximum atomic E-state index is 12.2. The molecule has 19 heavy (non-hydrogen) atoms. The zero-order valence-corrected chi connectivity index (χ0v) is 11.3. The number of nitrogens with one attached hydrogen (secondary N) is 1. The van der Waals surface area contributed by atoms with E-state index >= 15 is 0 Å². The van der Waals surface area contributed by atoms with Gasteiger partial charge in [0.25, 0.3) is 10.0 Å². The molecular weight excluding hydrogens is 284 g/mol. The number of hydrogen-bond acceptors (Lipinski definition) is 5. The van der Waals surface area contributed by atoms with Gasteiger partial charge in [-0.3, -0.25) is 4.72 Å². The number of thiocarbonyl (C=S) groups is 1. The van der Waals surface area contributed by atoms with Crippen molar-refractivity contribution in [2.45, 2.75) is 4.90 Å². The molecule has 0 aliphatic heterocycles. The van der Waals surface area contributed by atoms with E-state index in [-0.39, 0.29) is 15.6 Å². The maximum absolute atomic E-state index is 12.2. The van der Waals surface area contributed by atoms with Crippen LogP contribution in [0.3, 0.4) is 0 Å². The van der Waals surface area contributed by atoms with Crippen molar-refractivity contribution in [3.8, 4) is 0 Å². The molecule has 8 heteroatoms. The van der Waals surface area contributed by atoms with Crippen molar-refractivity contribution in [2.24, 2.45) is 5.73 Å². The van der Waals surface area contributed by atoms with Crippen LogP contribution in [-0.2, 0) is 10.0 Å². The molecule has 2 rings (SSSR count). The van der Waals surface area contributed by atoms with Gasteiger partial charge >= 0.3 is 0 Å². The number of nitrogens with two attached hydrogens (primary N) is 1. The van der Waals surface area contributed by atoms with Crippen molar-refractivity contribution < 1.29 is 8.42 Å². The van der Waals surface area contributed by atoms with Crippen molar-refractivity contribution in [1.29, 1.82) is 0 Å². The van der Waals surface area contributed by atoms with E-state index < -0.39 is 10.0 Å². The monoisotopic (exact) mass is 294 g/mol. The zero-order valence-electron chi connectivity index (χ0n) is 9.65. The van der Waals surface area contributed by atoms with Gasteiger partial charge in [-0.05, 0) is 6.07 Å². The second-order valence-corrected chi connectivity index (χ2v) is 5.68. The first kappa shape index (κ1) is 13.4. The van der Waals surface area contributed by atoms with Crippen LogP contribution in [0.1, 0.15) is 5.56 Å². The molecule has 0 unspecified atom stereocenters. The summed E-state index contributed by atoms with van der Waals surface area (Å²) in [4.78, 5) is 7.50. The van der Waals surface area contributed by atoms with Crippen LogP contribution in [0.4, 0.5) is 5.69 Å². The van der Waals surface area contributed by atoms with Crippen molar-refractivity contribution in [2.75, 3.05) is 4.72 Å². The largest absolute Gasteiger partial charge is 0.389 e. The summed E-state index contributed by atoms with van der Waals surface area (Å²) >= 11 is 4.84. The standard InChI is InChI=1S/C11H10N4O2S2/c12-11(18)9-3-1-2-4-10(9)19(16,17)15-8-5-13-7-14-6-8/h1-7,15H,(H2,12,18). The fourth-order valence-corrected chi connectivity index (χ4v) is 2.96. The normalized spacial score (nSPS) is 10.9. The third kappa shape index (κ3) is 3.04. The fraction of sp³-hybridized carbons (Fsp3) is 0. The summed E-state index contributed by atoms with van der Waals surface area (Å²) in [6, 6.07) is 6.25. The van der Waals surface area contributed by atoms with E-state index in [9.17, 15) is 8.42 Å². The Morgan fingerprint density at radius 3 is 2.47 bits per heavy atom. The van der Waals surface area contributed by atoms with Crippen LogP contribution in [0.15, 0.2) is 47.9 Å². The van der Waals surface area contributed by atoms with Crippen LogP contribution < -0.4 is 10.5 Å². The number of aromatic nitrogens is 2. The minimum absolute atomic E-state index is 0.0188. The summed E-state index contributed by atoms with van der Waals surface area (Å²) < 4.78 is 26.9. The molecule has 0 atom stereocenters. The molecule has 0 saturated carbocycles. The molecule has 0 aliphatic carbocycles. The highest BCUT2D eigenvalue weighted by molar-refractivity contribution is 7.93. The maximum Gasteiger partial charge on any atom is 0.262 e. The Balaban J connectivity index is 2.43. The lowest BCUT2D eigenvalue weighted by Crippen LogP contribution is -2.19. The molecule has 6 nitrogen and oxygen atoms in total. The van der Waals surface area contributed by atoms with Crippen LogP contribution >= 0.6 is 12.2 Å². The molecule has 0 aliphatic rings. The third-order valence-electron chi connectivity index (χ3n) is 2.25. The number of nitrogens with zero attached hydrogens (tertiary/aromatic N) is 2. The number of anilines is 1. The first-order chi connectivity index (χ1) is 9.00. The Kier molecular flexibility index (Phi) is 3.72. The molecule has 0 saturated heterocycles. The van der Waals surface area contributed by atoms with Crippen LogP contribution in [-0.4, -0.2) is 23.4 Å². The average Bonchev–Trinajstić information content (AvgIpc) is 2.39. The Hall–Kier alpha value is -2.06. The second-order valence-electron chi connectivity index (χ2n) is 3.59. The van der Waals surface area contributed by atoms with Gasteiger partial charge in [0.2, 0.25) is 0 Å². The van der Waals surface area contributed by atoms with Crippen molar-refractivity contribution >= 4 is 32.9 Å². The number of sulfonamides is 1. The van der Waals surface area contributed by atoms with Crippen molar-refractivity contribution in [1.82, 2.24) is 9.97 Å². The highest BCUT2D eigenvalue weighted by Gasteiger charge is 2.19. The zero-order chi connectivity index (χ0) is 13.9. The molecule has 0 radical (unpaired) electrons. The number of rotatable bonds is 4. The summed E-state index contributed by atoms with van der Waals surface area (Å²) in [5.41, 5.74) is 6.08. The molecule has 0 fully saturated rings. The van der Waals surface area contributed by atoms with E-state index in [0.717, 1.165) is 0 Å². The van der Waals surface area contributed by atoms with Gasteiger partial charge in [0.1, 0.15) is 11.3 Å². The van der Waals surface area contributed by atoms with Crippen molar-refractivity contribution in [3.05, 3.63) is 48.5 Å². The quantitative estimate of drug-likeness (QED) is 0.813. The molecule has 1 aromatic heterocycles. The van der Waals surface area contributed by atoms with E-state index in [4.69, 9.17) is 18.0 Å². The molecule has 0 amide bonds. The predicted molar refractivity (Wildman–Crippen MR) is 75.2 cm³/mol. The first-order valence-electron chi connectivity index (χ1n) is 5.17. The lowest BCUT2D eigenvalue weighted by Gasteiger charge is -2.10. The highest BCUT2D eigenvalue weighted by atomic mass is 32.2. The van der Waals surface area contributed by atoms with Crippen LogP contribution in [0, 0.1) is 0 Å². The summed E-state index contributed by atoms with van der Waals surface area (Å²) in [5, 5.41) is 0. The highest BCUT2D eigenvalue weighted by Crippen LogP contribution is 2.18. The number of hydrogen-bond donors (Lipinski definition) is 2. The Morgan fingerprint density at radius 1 is 1.21 bits per heavy atom. The van der Waals surface area contributed by atoms with Gasteiger partial charge in [-0.25, -0.2) is 18.4 Å². The third-order valence-corrected chi connectivity index (χ3v) is 3.91. The Bertz CT molecular complexity index is 702. The molecule has 0 bridgehead atoms. The molecule has 2 aromatic rings. The topological polar surface area (TPSA) is 98.0 Å². The molecule has 0 spiro atoms. The van der Waals surface area contributed by atoms with E-state index in [1.54, 1.807) is 18.2 Å². The van der Waals surface area contributed by atoms with E-state index in [2.05, 4.69) is 14.7 Å². The summed E-state index contributed by atoms with van der Waals surface area (Å²) in [6.45, 7) is 0. The Morgan fingerprint density at radius 2 is 1.84 bits per heavy atom. The minimum atomic E-state index is -3.79. The van der Waals surface area contributed by atoms with Crippen LogP contribution in [0.5, 0.6) is 0 Å². The lowest BCUT2D eigenvalue weighted by molar-refractivity contribution is 0.601. The second kappa shape index (κ2) is 5.29. The molecule has 1 aromatic carbocycles. The van der Waals surface area contributed by atoms with Gasteiger partial charge < -0.3 is 5.73 Å². The van der Waals surface area contributed by atoms with Gasteiger partial charge in [0.15, 0.2) is 0 Å². The molecule has 98 valence electrons. The van der Waals surface area contributed by atoms with E-state index in [1.807, 2.05) is 0 Å². The lowest BCUT2D eigenvalue weighted by atomic mass is 10.2. The average molecular weight is 294 g/mol. The molecular formula is C11H10N4O2S2. The van der Waals surface area contributed by atoms with Crippen molar-refractivity contribution in [3.63, 3.8) is 0 Å².